The fourth-order valence-corrected chi connectivity index (χ4v) is 2.35. The third-order valence-electron chi connectivity index (χ3n) is 3.18. The van der Waals surface area contributed by atoms with E-state index in [9.17, 15) is 0 Å². The number of fused-ring (bicyclic) bond motifs is 1. The Kier molecular flexibility index (Phi) is 3.03. The quantitative estimate of drug-likeness (QED) is 0.718. The zero-order valence-electron chi connectivity index (χ0n) is 11.2. The summed E-state index contributed by atoms with van der Waals surface area (Å²) in [6.45, 7) is 2.90. The molecule has 0 radical (unpaired) electrons. The highest BCUT2D eigenvalue weighted by Crippen LogP contribution is 2.18. The van der Waals surface area contributed by atoms with E-state index in [1.165, 1.54) is 0 Å². The highest BCUT2D eigenvalue weighted by molar-refractivity contribution is 5.76. The van der Waals surface area contributed by atoms with Crippen molar-refractivity contribution in [2.24, 2.45) is 7.05 Å². The molecule has 0 spiro atoms. The number of imidazole rings is 1. The molecule has 5 nitrogen and oxygen atoms in total. The maximum absolute atomic E-state index is 4.71. The molecule has 0 fully saturated rings. The Hall–Kier alpha value is -2.17. The monoisotopic (exact) mass is 255 g/mol. The predicted octanol–water partition coefficient (Wildman–Crippen LogP) is 2.17. The molecular weight excluding hydrogens is 238 g/mol. The van der Waals surface area contributed by atoms with E-state index in [0.717, 1.165) is 41.9 Å². The molecule has 3 rings (SSSR count). The molecule has 0 atom stereocenters. The lowest BCUT2D eigenvalue weighted by atomic mass is 10.3. The van der Waals surface area contributed by atoms with E-state index in [1.54, 1.807) is 4.68 Å². The first kappa shape index (κ1) is 11.9. The molecule has 0 aliphatic heterocycles. The zero-order chi connectivity index (χ0) is 13.2. The largest absolute Gasteiger partial charge is 0.322 e. The van der Waals surface area contributed by atoms with Gasteiger partial charge in [0.25, 0.3) is 0 Å². The van der Waals surface area contributed by atoms with Gasteiger partial charge in [0.15, 0.2) is 0 Å². The van der Waals surface area contributed by atoms with E-state index in [2.05, 4.69) is 33.9 Å². The molecule has 0 unspecified atom stereocenters. The van der Waals surface area contributed by atoms with Crippen molar-refractivity contribution >= 4 is 11.0 Å². The van der Waals surface area contributed by atoms with Crippen LogP contribution < -0.4 is 0 Å². The number of aromatic nitrogens is 5. The van der Waals surface area contributed by atoms with Gasteiger partial charge in [-0.1, -0.05) is 24.3 Å². The smallest absolute Gasteiger partial charge is 0.110 e. The van der Waals surface area contributed by atoms with Gasteiger partial charge in [-0.25, -0.2) is 4.98 Å². The molecule has 98 valence electrons. The second-order valence-electron chi connectivity index (χ2n) is 4.74. The van der Waals surface area contributed by atoms with Crippen molar-refractivity contribution in [3.63, 3.8) is 0 Å². The maximum Gasteiger partial charge on any atom is 0.110 e. The number of hydrogen-bond acceptors (Lipinski definition) is 3. The molecule has 0 saturated heterocycles. The fraction of sp³-hybridized carbons (Fsp3) is 0.357. The van der Waals surface area contributed by atoms with Crippen LogP contribution in [-0.4, -0.2) is 24.5 Å². The molecule has 3 aromatic rings. The summed E-state index contributed by atoms with van der Waals surface area (Å²) in [5, 5.41) is 8.15. The normalized spacial score (nSPS) is 11.3. The van der Waals surface area contributed by atoms with Crippen LogP contribution in [-0.2, 0) is 20.0 Å². The van der Waals surface area contributed by atoms with Crippen LogP contribution in [0.2, 0.25) is 0 Å². The van der Waals surface area contributed by atoms with Crippen LogP contribution in [0.5, 0.6) is 0 Å². The van der Waals surface area contributed by atoms with E-state index in [4.69, 9.17) is 4.98 Å². The third-order valence-corrected chi connectivity index (χ3v) is 3.18. The summed E-state index contributed by atoms with van der Waals surface area (Å²) in [7, 11) is 1.88. The van der Waals surface area contributed by atoms with Crippen molar-refractivity contribution in [1.82, 2.24) is 24.5 Å². The van der Waals surface area contributed by atoms with Gasteiger partial charge < -0.3 is 4.57 Å². The number of benzene rings is 1. The SMILES string of the molecule is CCCc1nc2ccccc2n1Cc1cn(C)nn1. The Morgan fingerprint density at radius 3 is 2.79 bits per heavy atom. The van der Waals surface area contributed by atoms with Crippen molar-refractivity contribution in [3.8, 4) is 0 Å². The molecule has 0 aliphatic carbocycles. The highest BCUT2D eigenvalue weighted by atomic mass is 15.4. The summed E-state index contributed by atoms with van der Waals surface area (Å²) >= 11 is 0. The Balaban J connectivity index is 2.06. The van der Waals surface area contributed by atoms with Gasteiger partial charge in [0, 0.05) is 19.7 Å². The first-order chi connectivity index (χ1) is 9.28. The summed E-state index contributed by atoms with van der Waals surface area (Å²) in [6, 6.07) is 8.24. The predicted molar refractivity (Wildman–Crippen MR) is 73.8 cm³/mol. The fourth-order valence-electron chi connectivity index (χ4n) is 2.35. The lowest BCUT2D eigenvalue weighted by molar-refractivity contribution is 0.697. The first-order valence-electron chi connectivity index (χ1n) is 6.57. The molecule has 0 bridgehead atoms. The summed E-state index contributed by atoms with van der Waals surface area (Å²) < 4.78 is 3.97. The molecule has 0 amide bonds. The maximum atomic E-state index is 4.71. The highest BCUT2D eigenvalue weighted by Gasteiger charge is 2.11. The summed E-state index contributed by atoms with van der Waals surface area (Å²) in [5.41, 5.74) is 3.18. The van der Waals surface area contributed by atoms with Crippen LogP contribution in [0.3, 0.4) is 0 Å². The Labute approximate surface area is 111 Å². The second kappa shape index (κ2) is 4.84. The number of rotatable bonds is 4. The van der Waals surface area contributed by atoms with Gasteiger partial charge in [-0.05, 0) is 18.6 Å². The molecule has 0 N–H and O–H groups in total. The van der Waals surface area contributed by atoms with Gasteiger partial charge in [-0.2, -0.15) is 0 Å². The third kappa shape index (κ3) is 2.23. The van der Waals surface area contributed by atoms with Crippen LogP contribution in [0.1, 0.15) is 24.9 Å². The first-order valence-corrected chi connectivity index (χ1v) is 6.57. The van der Waals surface area contributed by atoms with Gasteiger partial charge in [-0.15, -0.1) is 5.10 Å². The Bertz CT molecular complexity index is 695. The molecule has 19 heavy (non-hydrogen) atoms. The standard InChI is InChI=1S/C14H17N5/c1-3-6-14-15-12-7-4-5-8-13(12)19(14)10-11-9-18(2)17-16-11/h4-5,7-9H,3,6,10H2,1-2H3. The minimum atomic E-state index is 0.726. The van der Waals surface area contributed by atoms with Crippen LogP contribution in [0, 0.1) is 0 Å². The minimum Gasteiger partial charge on any atom is -0.322 e. The number of hydrogen-bond donors (Lipinski definition) is 0. The molecule has 5 heteroatoms. The van der Waals surface area contributed by atoms with Gasteiger partial charge in [0.2, 0.25) is 0 Å². The number of nitrogens with zero attached hydrogens (tertiary/aromatic N) is 5. The van der Waals surface area contributed by atoms with Crippen molar-refractivity contribution < 1.29 is 0 Å². The average molecular weight is 255 g/mol. The molecule has 0 saturated carbocycles. The summed E-state index contributed by atoms with van der Waals surface area (Å²) in [4.78, 5) is 4.71. The number of aryl methyl sites for hydroxylation is 2. The molecule has 1 aromatic carbocycles. The van der Waals surface area contributed by atoms with Crippen LogP contribution in [0.4, 0.5) is 0 Å². The molecule has 0 aliphatic rings. The van der Waals surface area contributed by atoms with E-state index in [-0.39, 0.29) is 0 Å². The van der Waals surface area contributed by atoms with Crippen LogP contribution in [0.25, 0.3) is 11.0 Å². The molecule has 2 heterocycles. The zero-order valence-corrected chi connectivity index (χ0v) is 11.2. The van der Waals surface area contributed by atoms with Crippen LogP contribution >= 0.6 is 0 Å². The summed E-state index contributed by atoms with van der Waals surface area (Å²) in [6.07, 6.45) is 4.02. The van der Waals surface area contributed by atoms with E-state index in [1.807, 2.05) is 25.4 Å². The van der Waals surface area contributed by atoms with Gasteiger partial charge in [0.1, 0.15) is 11.5 Å². The molecule has 2 aromatic heterocycles. The molecular formula is C14H17N5. The van der Waals surface area contributed by atoms with Crippen LogP contribution in [0.15, 0.2) is 30.5 Å². The van der Waals surface area contributed by atoms with Gasteiger partial charge >= 0.3 is 0 Å². The summed E-state index contributed by atoms with van der Waals surface area (Å²) in [5.74, 6) is 1.12. The van der Waals surface area contributed by atoms with E-state index in [0.29, 0.717) is 0 Å². The van der Waals surface area contributed by atoms with Crippen molar-refractivity contribution in [1.29, 1.82) is 0 Å². The Morgan fingerprint density at radius 1 is 1.21 bits per heavy atom. The average Bonchev–Trinajstić information content (AvgIpc) is 2.96. The topological polar surface area (TPSA) is 48.5 Å². The van der Waals surface area contributed by atoms with Crippen molar-refractivity contribution in [2.45, 2.75) is 26.3 Å². The minimum absolute atomic E-state index is 0.726. The second-order valence-corrected chi connectivity index (χ2v) is 4.74. The van der Waals surface area contributed by atoms with E-state index < -0.39 is 0 Å². The van der Waals surface area contributed by atoms with Gasteiger partial charge in [0.05, 0.1) is 17.6 Å². The lowest BCUT2D eigenvalue weighted by Crippen LogP contribution is -2.05. The van der Waals surface area contributed by atoms with E-state index >= 15 is 0 Å². The van der Waals surface area contributed by atoms with Crippen molar-refractivity contribution in [2.75, 3.05) is 0 Å². The number of para-hydroxylation sites is 2. The van der Waals surface area contributed by atoms with Gasteiger partial charge in [-0.3, -0.25) is 4.68 Å². The Morgan fingerprint density at radius 2 is 2.05 bits per heavy atom. The lowest BCUT2D eigenvalue weighted by Gasteiger charge is -2.06. The van der Waals surface area contributed by atoms with Crippen molar-refractivity contribution in [3.05, 3.63) is 42.0 Å².